The van der Waals surface area contributed by atoms with Crippen LogP contribution in [0.25, 0.3) is 10.9 Å². The minimum Gasteiger partial charge on any atom is -0.481 e. The molecule has 3 aromatic rings. The maximum atomic E-state index is 13.4. The summed E-state index contributed by atoms with van der Waals surface area (Å²) >= 11 is 0. The van der Waals surface area contributed by atoms with Gasteiger partial charge in [0.1, 0.15) is 18.2 Å². The van der Waals surface area contributed by atoms with Gasteiger partial charge < -0.3 is 20.5 Å². The zero-order valence-electron chi connectivity index (χ0n) is 27.9. The second-order valence-corrected chi connectivity index (χ2v) is 10.6. The summed E-state index contributed by atoms with van der Waals surface area (Å²) < 4.78 is 64.5. The number of nitrogens with one attached hydrogen (secondary N) is 2. The highest BCUT2D eigenvalue weighted by molar-refractivity contribution is 5.84. The van der Waals surface area contributed by atoms with Crippen molar-refractivity contribution < 1.29 is 37.0 Å². The minimum atomic E-state index is -3.04. The number of aliphatic hydroxyl groups is 1. The topological polar surface area (TPSA) is 91.8 Å². The van der Waals surface area contributed by atoms with Crippen molar-refractivity contribution in [1.82, 2.24) is 14.8 Å². The highest BCUT2D eigenvalue weighted by atomic mass is 19.3. The lowest BCUT2D eigenvalue weighted by Gasteiger charge is -2.40. The number of fused-ring (bicyclic) bond motifs is 3. The molecular formula is C34H51F5N4O3. The second-order valence-electron chi connectivity index (χ2n) is 10.6. The number of likely N-dealkylation sites (tertiary alicyclic amines) is 1. The molecule has 2 aromatic carbocycles. The van der Waals surface area contributed by atoms with Crippen molar-refractivity contribution in [3.63, 3.8) is 0 Å². The number of H-pyrrole nitrogens is 1. The Morgan fingerprint density at radius 2 is 1.65 bits per heavy atom. The molecule has 2 aliphatic heterocycles. The molecule has 0 spiro atoms. The van der Waals surface area contributed by atoms with Crippen LogP contribution in [0.2, 0.25) is 0 Å². The summed E-state index contributed by atoms with van der Waals surface area (Å²) in [6, 6.07) is 11.6. The van der Waals surface area contributed by atoms with Crippen molar-refractivity contribution in [2.75, 3.05) is 44.8 Å². The molecule has 1 saturated heterocycles. The van der Waals surface area contributed by atoms with Crippen LogP contribution < -0.4 is 5.32 Å². The van der Waals surface area contributed by atoms with Gasteiger partial charge in [-0.1, -0.05) is 52.8 Å². The average molecular weight is 659 g/mol. The molecule has 0 bridgehead atoms. The molecular weight excluding hydrogens is 607 g/mol. The maximum Gasteiger partial charge on any atom is 0.303 e. The third-order valence-corrected chi connectivity index (χ3v) is 7.15. The van der Waals surface area contributed by atoms with Crippen LogP contribution in [0, 0.1) is 11.6 Å². The van der Waals surface area contributed by atoms with Crippen LogP contribution in [0.3, 0.4) is 0 Å². The van der Waals surface area contributed by atoms with E-state index in [4.69, 9.17) is 10.2 Å². The van der Waals surface area contributed by atoms with Crippen molar-refractivity contribution in [3.8, 4) is 0 Å². The van der Waals surface area contributed by atoms with Crippen molar-refractivity contribution in [2.24, 2.45) is 0 Å². The number of hydrogen-bond acceptors (Lipinski definition) is 5. The quantitative estimate of drug-likeness (QED) is 0.178. The number of aromatic nitrogens is 1. The normalized spacial score (nSPS) is 16.1. The first kappa shape index (κ1) is 40.8. The van der Waals surface area contributed by atoms with Gasteiger partial charge in [-0.3, -0.25) is 19.0 Å². The van der Waals surface area contributed by atoms with E-state index in [1.54, 1.807) is 11.8 Å². The van der Waals surface area contributed by atoms with Gasteiger partial charge >= 0.3 is 5.97 Å². The predicted octanol–water partition coefficient (Wildman–Crippen LogP) is 7.50. The summed E-state index contributed by atoms with van der Waals surface area (Å²) in [5.74, 6) is -4.95. The number of carboxylic acid groups (broad SMARTS) is 1. The number of aliphatic hydroxyl groups excluding tert-OH is 1. The van der Waals surface area contributed by atoms with Crippen molar-refractivity contribution in [1.29, 1.82) is 0 Å². The SMILES string of the molecule is CC.CC.CC1Cc2c([nH]c3ccccc23)CN1CC(F)(F)CO.CCC(=O)O.FCCCN1CC(Nc2cc(F)cc(F)c2)C1. The summed E-state index contributed by atoms with van der Waals surface area (Å²) in [4.78, 5) is 16.5. The number of alkyl halides is 3. The fraction of sp³-hybridized carbons (Fsp3) is 0.559. The molecule has 0 radical (unpaired) electrons. The fourth-order valence-electron chi connectivity index (χ4n) is 4.97. The predicted molar refractivity (Wildman–Crippen MR) is 175 cm³/mol. The van der Waals surface area contributed by atoms with Crippen LogP contribution in [0.4, 0.5) is 27.6 Å². The first-order valence-electron chi connectivity index (χ1n) is 16.0. The van der Waals surface area contributed by atoms with E-state index in [1.807, 2.05) is 52.8 Å². The Bertz CT molecular complexity index is 1280. The molecule has 3 heterocycles. The Morgan fingerprint density at radius 1 is 1.07 bits per heavy atom. The Balaban J connectivity index is 0.000000370. The number of halogens is 5. The van der Waals surface area contributed by atoms with E-state index >= 15 is 0 Å². The van der Waals surface area contributed by atoms with Crippen LogP contribution in [0.1, 0.15) is 65.6 Å². The number of carboxylic acids is 1. The van der Waals surface area contributed by atoms with Crippen LogP contribution in [0.15, 0.2) is 42.5 Å². The first-order chi connectivity index (χ1) is 21.9. The molecule has 46 heavy (non-hydrogen) atoms. The molecule has 0 amide bonds. The molecule has 0 saturated carbocycles. The third kappa shape index (κ3) is 13.3. The summed E-state index contributed by atoms with van der Waals surface area (Å²) in [5.41, 5.74) is 3.76. The number of benzene rings is 2. The van der Waals surface area contributed by atoms with Gasteiger partial charge in [-0.15, -0.1) is 0 Å². The van der Waals surface area contributed by atoms with Gasteiger partial charge in [0.05, 0.1) is 19.3 Å². The van der Waals surface area contributed by atoms with Crippen LogP contribution in [-0.4, -0.2) is 88.4 Å². The van der Waals surface area contributed by atoms with E-state index in [-0.39, 0.29) is 25.2 Å². The Hall–Kier alpha value is -3.22. The first-order valence-corrected chi connectivity index (χ1v) is 16.0. The van der Waals surface area contributed by atoms with Gasteiger partial charge in [0.15, 0.2) is 0 Å². The molecule has 1 aromatic heterocycles. The maximum absolute atomic E-state index is 13.4. The van der Waals surface area contributed by atoms with Crippen LogP contribution in [-0.2, 0) is 17.8 Å². The fourth-order valence-corrected chi connectivity index (χ4v) is 4.97. The summed E-state index contributed by atoms with van der Waals surface area (Å²) in [5, 5.41) is 20.7. The monoisotopic (exact) mass is 658 g/mol. The molecule has 1 atom stereocenters. The lowest BCUT2D eigenvalue weighted by atomic mass is 9.97. The number of anilines is 1. The molecule has 0 aliphatic carbocycles. The number of carbonyl (C=O) groups is 1. The second kappa shape index (κ2) is 20.8. The minimum absolute atomic E-state index is 0.0409. The van der Waals surface area contributed by atoms with Gasteiger partial charge in [-0.05, 0) is 43.5 Å². The highest BCUT2D eigenvalue weighted by Gasteiger charge is 2.35. The molecule has 1 unspecified atom stereocenters. The standard InChI is InChI=1S/C15H18F2N2O.C12H15F3N2.C3H6O2.2C2H6/c1-10-6-12-11-4-2-3-5-13(11)18-14(12)7-19(10)8-15(16,17)9-20;13-2-1-3-17-7-12(8-17)16-11-5-9(14)4-10(15)6-11;1-2-3(4)5;2*1-2/h2-5,10,18,20H,6-9H2,1H3;4-6,12,16H,1-3,7-8H2;2H2,1H3,(H,4,5);2*1-2H3. The van der Waals surface area contributed by atoms with Crippen molar-refractivity contribution >= 4 is 22.6 Å². The van der Waals surface area contributed by atoms with Crippen LogP contribution >= 0.6 is 0 Å². The number of aromatic amines is 1. The summed E-state index contributed by atoms with van der Waals surface area (Å²) in [6.45, 7) is 12.5. The molecule has 4 N–H and O–H groups in total. The van der Waals surface area contributed by atoms with Gasteiger partial charge in [0.25, 0.3) is 5.92 Å². The molecule has 5 rings (SSSR count). The number of aliphatic carboxylic acids is 1. The van der Waals surface area contributed by atoms with Gasteiger partial charge in [0.2, 0.25) is 0 Å². The lowest BCUT2D eigenvalue weighted by Crippen LogP contribution is -2.54. The highest BCUT2D eigenvalue weighted by Crippen LogP contribution is 2.31. The van der Waals surface area contributed by atoms with Crippen LogP contribution in [0.5, 0.6) is 0 Å². The lowest BCUT2D eigenvalue weighted by molar-refractivity contribution is -0.136. The number of para-hydroxylation sites is 1. The summed E-state index contributed by atoms with van der Waals surface area (Å²) in [6.07, 6.45) is 1.52. The van der Waals surface area contributed by atoms with E-state index in [0.29, 0.717) is 18.7 Å². The molecule has 2 aliphatic rings. The average Bonchev–Trinajstić information content (AvgIpc) is 3.37. The van der Waals surface area contributed by atoms with E-state index in [0.717, 1.165) is 43.3 Å². The van der Waals surface area contributed by atoms with E-state index < -0.39 is 36.7 Å². The number of hydrogen-bond donors (Lipinski definition) is 4. The zero-order chi connectivity index (χ0) is 34.9. The Labute approximate surface area is 269 Å². The van der Waals surface area contributed by atoms with E-state index in [1.165, 1.54) is 23.1 Å². The zero-order valence-corrected chi connectivity index (χ0v) is 27.9. The van der Waals surface area contributed by atoms with Gasteiger partial charge in [-0.2, -0.15) is 0 Å². The van der Waals surface area contributed by atoms with Gasteiger partial charge in [-0.25, -0.2) is 17.6 Å². The van der Waals surface area contributed by atoms with Crippen molar-refractivity contribution in [3.05, 3.63) is 65.4 Å². The summed E-state index contributed by atoms with van der Waals surface area (Å²) in [7, 11) is 0. The molecule has 12 heteroatoms. The number of nitrogens with zero attached hydrogens (tertiary/aromatic N) is 2. The van der Waals surface area contributed by atoms with E-state index in [2.05, 4.69) is 21.3 Å². The largest absolute Gasteiger partial charge is 0.481 e. The van der Waals surface area contributed by atoms with Crippen molar-refractivity contribution in [2.45, 2.75) is 85.4 Å². The third-order valence-electron chi connectivity index (χ3n) is 7.15. The molecule has 260 valence electrons. The number of rotatable bonds is 9. The van der Waals surface area contributed by atoms with E-state index in [9.17, 15) is 26.7 Å². The Kier molecular flexibility index (Phi) is 18.5. The van der Waals surface area contributed by atoms with Gasteiger partial charge in [0, 0.05) is 67.0 Å². The Morgan fingerprint density at radius 3 is 2.20 bits per heavy atom. The smallest absolute Gasteiger partial charge is 0.303 e. The molecule has 1 fully saturated rings. The molecule has 7 nitrogen and oxygen atoms in total.